The molecule has 0 spiro atoms. The van der Waals surface area contributed by atoms with Crippen molar-refractivity contribution in [2.75, 3.05) is 0 Å². The summed E-state index contributed by atoms with van der Waals surface area (Å²) in [6.07, 6.45) is 9.98. The van der Waals surface area contributed by atoms with Gasteiger partial charge in [0.05, 0.1) is 16.9 Å². The van der Waals surface area contributed by atoms with Crippen LogP contribution in [0, 0.1) is 0 Å². The van der Waals surface area contributed by atoms with Gasteiger partial charge in [-0.05, 0) is 61.9 Å². The van der Waals surface area contributed by atoms with E-state index < -0.39 is 12.1 Å². The van der Waals surface area contributed by atoms with Crippen LogP contribution in [-0.4, -0.2) is 62.7 Å². The van der Waals surface area contributed by atoms with E-state index in [1.54, 1.807) is 18.2 Å². The van der Waals surface area contributed by atoms with Crippen molar-refractivity contribution in [1.82, 2.24) is 0 Å². The molecule has 194 valence electrons. The standard InChI is InChI=1S/C29H40O5S.Na.H/c1-3-4-5-6-7-8-9-11-22-14-16-23(17-15-22)29(26(31)12-10-13-28(33)34)35-24-18-19-25(21(2)30)27(32)20-24;;/h14-20,26,29,31-32H,3-13H2,1-2H3,(H,33,34);;. The van der Waals surface area contributed by atoms with Gasteiger partial charge in [0.25, 0.3) is 0 Å². The molecule has 0 aromatic heterocycles. The second-order valence-electron chi connectivity index (χ2n) is 9.24. The molecule has 0 saturated carbocycles. The molecule has 7 heteroatoms. The molecule has 0 saturated heterocycles. The minimum atomic E-state index is -0.874. The van der Waals surface area contributed by atoms with Crippen LogP contribution in [0.4, 0.5) is 0 Å². The van der Waals surface area contributed by atoms with Crippen molar-refractivity contribution >= 4 is 53.1 Å². The number of phenolic OH excluding ortho intramolecular Hbond substituents is 1. The number of ketones is 1. The van der Waals surface area contributed by atoms with E-state index in [2.05, 4.69) is 19.1 Å². The average Bonchev–Trinajstić information content (AvgIpc) is 2.82. The van der Waals surface area contributed by atoms with Gasteiger partial charge in [0.1, 0.15) is 5.75 Å². The van der Waals surface area contributed by atoms with Crippen molar-refractivity contribution in [3.05, 3.63) is 59.2 Å². The summed E-state index contributed by atoms with van der Waals surface area (Å²) in [4.78, 5) is 23.3. The molecule has 0 bridgehead atoms. The third kappa shape index (κ3) is 11.8. The molecule has 2 aromatic carbocycles. The van der Waals surface area contributed by atoms with Crippen molar-refractivity contribution in [3.8, 4) is 5.75 Å². The number of rotatable bonds is 17. The van der Waals surface area contributed by atoms with Crippen LogP contribution in [-0.2, 0) is 11.2 Å². The first-order valence-electron chi connectivity index (χ1n) is 12.8. The van der Waals surface area contributed by atoms with E-state index >= 15 is 0 Å². The Morgan fingerprint density at radius 1 is 0.917 bits per heavy atom. The van der Waals surface area contributed by atoms with Crippen LogP contribution in [0.15, 0.2) is 47.4 Å². The molecule has 2 aromatic rings. The van der Waals surface area contributed by atoms with Gasteiger partial charge in [-0.15, -0.1) is 11.8 Å². The third-order valence-corrected chi connectivity index (χ3v) is 7.60. The van der Waals surface area contributed by atoms with Crippen molar-refractivity contribution in [2.45, 2.75) is 101 Å². The second kappa shape index (κ2) is 18.0. The zero-order valence-corrected chi connectivity index (χ0v) is 21.9. The Balaban J connectivity index is 0.00000648. The Morgan fingerprint density at radius 2 is 1.56 bits per heavy atom. The van der Waals surface area contributed by atoms with Crippen molar-refractivity contribution < 1.29 is 24.9 Å². The van der Waals surface area contributed by atoms with E-state index in [0.29, 0.717) is 12.8 Å². The molecule has 2 rings (SSSR count). The fourth-order valence-corrected chi connectivity index (χ4v) is 5.38. The molecule has 36 heavy (non-hydrogen) atoms. The summed E-state index contributed by atoms with van der Waals surface area (Å²) >= 11 is 1.41. The number of carbonyl (C=O) groups is 2. The molecule has 0 fully saturated rings. The number of aryl methyl sites for hydroxylation is 1. The number of phenols is 1. The van der Waals surface area contributed by atoms with Gasteiger partial charge in [0.2, 0.25) is 0 Å². The summed E-state index contributed by atoms with van der Waals surface area (Å²) < 4.78 is 0. The molecular weight excluding hydrogens is 483 g/mol. The maximum absolute atomic E-state index is 11.6. The van der Waals surface area contributed by atoms with Gasteiger partial charge >= 0.3 is 35.5 Å². The van der Waals surface area contributed by atoms with Gasteiger partial charge in [-0.2, -0.15) is 0 Å². The molecule has 0 aliphatic rings. The Labute approximate surface area is 242 Å². The van der Waals surface area contributed by atoms with Gasteiger partial charge < -0.3 is 15.3 Å². The molecule has 0 aliphatic carbocycles. The van der Waals surface area contributed by atoms with Crippen LogP contribution in [0.25, 0.3) is 0 Å². The van der Waals surface area contributed by atoms with E-state index in [0.717, 1.165) is 16.9 Å². The second-order valence-corrected chi connectivity index (χ2v) is 10.5. The number of thioether (sulfide) groups is 1. The topological polar surface area (TPSA) is 94.8 Å². The fourth-order valence-electron chi connectivity index (χ4n) is 4.17. The SMILES string of the molecule is CCCCCCCCCc1ccc(C(Sc2ccc(C(C)=O)c(O)c2)C(O)CCCC(=O)O)cc1.[NaH]. The molecule has 3 N–H and O–H groups in total. The number of aliphatic hydroxyl groups is 1. The molecule has 0 amide bonds. The van der Waals surface area contributed by atoms with Crippen molar-refractivity contribution in [1.29, 1.82) is 0 Å². The Hall–Kier alpha value is -1.31. The number of benzene rings is 2. The van der Waals surface area contributed by atoms with E-state index in [1.807, 2.05) is 12.1 Å². The summed E-state index contributed by atoms with van der Waals surface area (Å²) in [5.74, 6) is -1.16. The predicted molar refractivity (Wildman–Crippen MR) is 149 cm³/mol. The zero-order valence-electron chi connectivity index (χ0n) is 21.0. The summed E-state index contributed by atoms with van der Waals surface area (Å²) in [6, 6.07) is 13.2. The Bertz CT molecular complexity index is 932. The van der Waals surface area contributed by atoms with Crippen LogP contribution in [0.1, 0.15) is 105 Å². The molecule has 0 radical (unpaired) electrons. The quantitative estimate of drug-likeness (QED) is 0.0924. The number of aromatic hydroxyl groups is 1. The van der Waals surface area contributed by atoms with Gasteiger partial charge in [-0.3, -0.25) is 9.59 Å². The number of hydrogen-bond donors (Lipinski definition) is 3. The number of carboxylic acids is 1. The Morgan fingerprint density at radius 3 is 2.14 bits per heavy atom. The first kappa shape index (κ1) is 32.7. The summed E-state index contributed by atoms with van der Waals surface area (Å²) in [6.45, 7) is 3.64. The van der Waals surface area contributed by atoms with E-state index in [1.165, 1.54) is 69.2 Å². The van der Waals surface area contributed by atoms with Crippen molar-refractivity contribution in [3.63, 3.8) is 0 Å². The number of carbonyl (C=O) groups excluding carboxylic acids is 1. The van der Waals surface area contributed by atoms with Crippen LogP contribution >= 0.6 is 11.8 Å². The summed E-state index contributed by atoms with van der Waals surface area (Å²) in [7, 11) is 0. The predicted octanol–water partition coefficient (Wildman–Crippen LogP) is 6.69. The first-order chi connectivity index (χ1) is 16.8. The van der Waals surface area contributed by atoms with Crippen LogP contribution in [0.5, 0.6) is 5.75 Å². The van der Waals surface area contributed by atoms with Gasteiger partial charge in [0.15, 0.2) is 5.78 Å². The zero-order chi connectivity index (χ0) is 25.6. The van der Waals surface area contributed by atoms with E-state index in [-0.39, 0.29) is 58.3 Å². The number of carboxylic acid groups (broad SMARTS) is 1. The normalized spacial score (nSPS) is 12.5. The maximum atomic E-state index is 11.6. The fraction of sp³-hybridized carbons (Fsp3) is 0.517. The van der Waals surface area contributed by atoms with Gasteiger partial charge in [0, 0.05) is 11.3 Å². The van der Waals surface area contributed by atoms with Crippen LogP contribution in [0.3, 0.4) is 0 Å². The average molecular weight is 525 g/mol. The molecule has 2 atom stereocenters. The van der Waals surface area contributed by atoms with E-state index in [9.17, 15) is 19.8 Å². The number of hydrogen-bond acceptors (Lipinski definition) is 5. The third-order valence-electron chi connectivity index (χ3n) is 6.23. The summed E-state index contributed by atoms with van der Waals surface area (Å²) in [5, 5.41) is 29.8. The number of aliphatic hydroxyl groups excluding tert-OH is 1. The molecule has 0 aliphatic heterocycles. The Kier molecular flexibility index (Phi) is 16.4. The number of unbranched alkanes of at least 4 members (excludes halogenated alkanes) is 6. The van der Waals surface area contributed by atoms with Gasteiger partial charge in [-0.25, -0.2) is 0 Å². The minimum absolute atomic E-state index is 0. The van der Waals surface area contributed by atoms with Crippen molar-refractivity contribution in [2.24, 2.45) is 0 Å². The molecule has 2 unspecified atom stereocenters. The number of aliphatic carboxylic acids is 1. The van der Waals surface area contributed by atoms with Crippen LogP contribution < -0.4 is 0 Å². The van der Waals surface area contributed by atoms with Gasteiger partial charge in [-0.1, -0.05) is 69.7 Å². The molecular formula is C29H41NaO5S. The molecule has 0 heterocycles. The summed E-state index contributed by atoms with van der Waals surface area (Å²) in [5.41, 5.74) is 2.49. The number of Topliss-reactive ketones (excluding diaryl/α,β-unsaturated/α-hetero) is 1. The monoisotopic (exact) mass is 524 g/mol. The molecule has 5 nitrogen and oxygen atoms in total. The van der Waals surface area contributed by atoms with E-state index in [4.69, 9.17) is 5.11 Å². The first-order valence-corrected chi connectivity index (χ1v) is 13.7. The van der Waals surface area contributed by atoms with Crippen LogP contribution in [0.2, 0.25) is 0 Å².